The molecule has 5 fully saturated rings. The number of aryl methyl sites for hydroxylation is 2. The van der Waals surface area contributed by atoms with Crippen molar-refractivity contribution in [2.45, 2.75) is 58.4 Å². The van der Waals surface area contributed by atoms with Crippen LogP contribution < -0.4 is 0 Å². The van der Waals surface area contributed by atoms with Crippen LogP contribution in [-0.2, 0) is 4.79 Å². The van der Waals surface area contributed by atoms with E-state index in [0.29, 0.717) is 11.9 Å². The molecule has 1 aromatic carbocycles. The molecule has 1 aliphatic heterocycles. The lowest BCUT2D eigenvalue weighted by Crippen LogP contribution is -2.56. The van der Waals surface area contributed by atoms with Crippen molar-refractivity contribution in [3.63, 3.8) is 0 Å². The highest BCUT2D eigenvalue weighted by molar-refractivity contribution is 6.00. The Morgan fingerprint density at radius 2 is 1.52 bits per heavy atom. The van der Waals surface area contributed by atoms with Gasteiger partial charge < -0.3 is 4.90 Å². The van der Waals surface area contributed by atoms with Gasteiger partial charge in [-0.2, -0.15) is 0 Å². The van der Waals surface area contributed by atoms with Crippen molar-refractivity contribution in [3.05, 3.63) is 40.5 Å². The minimum absolute atomic E-state index is 0.330. The number of rotatable bonds is 2. The zero-order valence-corrected chi connectivity index (χ0v) is 15.5. The molecule has 1 amide bonds. The van der Waals surface area contributed by atoms with Gasteiger partial charge in [0.05, 0.1) is 0 Å². The number of hydrogen-bond donors (Lipinski definition) is 0. The second-order valence-electron chi connectivity index (χ2n) is 9.26. The van der Waals surface area contributed by atoms with Crippen LogP contribution in [0.15, 0.2) is 23.8 Å². The first kappa shape index (κ1) is 15.7. The predicted octanol–water partition coefficient (Wildman–Crippen LogP) is 4.74. The second kappa shape index (κ2) is 5.72. The molecule has 4 bridgehead atoms. The molecule has 0 spiro atoms. The molecule has 1 aromatic rings. The molecule has 5 aliphatic rings. The maximum Gasteiger partial charge on any atom is 0.250 e. The van der Waals surface area contributed by atoms with Gasteiger partial charge in [0.2, 0.25) is 5.91 Å². The Morgan fingerprint density at radius 1 is 0.920 bits per heavy atom. The summed E-state index contributed by atoms with van der Waals surface area (Å²) in [6.07, 6.45) is 10.1. The third-order valence-corrected chi connectivity index (χ3v) is 7.28. The Bertz CT molecular complexity index is 698. The fourth-order valence-corrected chi connectivity index (χ4v) is 6.75. The van der Waals surface area contributed by atoms with E-state index in [1.165, 1.54) is 48.8 Å². The third kappa shape index (κ3) is 2.65. The van der Waals surface area contributed by atoms with Crippen LogP contribution in [0.5, 0.6) is 0 Å². The molecule has 0 unspecified atom stereocenters. The van der Waals surface area contributed by atoms with E-state index in [-0.39, 0.29) is 0 Å². The van der Waals surface area contributed by atoms with Crippen molar-refractivity contribution in [3.8, 4) is 0 Å². The molecule has 2 nitrogen and oxygen atoms in total. The quantitative estimate of drug-likeness (QED) is 0.715. The summed E-state index contributed by atoms with van der Waals surface area (Å²) in [6.45, 7) is 5.21. The second-order valence-corrected chi connectivity index (χ2v) is 9.26. The number of likely N-dealkylation sites (tertiary alicyclic amines) is 1. The molecule has 0 N–H and O–H groups in total. The minimum atomic E-state index is 0.330. The minimum Gasteiger partial charge on any atom is -0.335 e. The predicted molar refractivity (Wildman–Crippen MR) is 101 cm³/mol. The molecule has 6 rings (SSSR count). The van der Waals surface area contributed by atoms with Crippen LogP contribution in [0.25, 0.3) is 6.08 Å². The molecular weight excluding hydrogens is 306 g/mol. The zero-order chi connectivity index (χ0) is 17.1. The molecule has 132 valence electrons. The Morgan fingerprint density at radius 3 is 2.12 bits per heavy atom. The van der Waals surface area contributed by atoms with Gasteiger partial charge in [-0.1, -0.05) is 29.3 Å². The van der Waals surface area contributed by atoms with Crippen molar-refractivity contribution >= 4 is 12.0 Å². The van der Waals surface area contributed by atoms with E-state index in [9.17, 15) is 4.79 Å². The largest absolute Gasteiger partial charge is 0.335 e. The lowest BCUT2D eigenvalue weighted by atomic mass is 9.54. The summed E-state index contributed by atoms with van der Waals surface area (Å²) in [5, 5.41) is 0. The van der Waals surface area contributed by atoms with Crippen LogP contribution in [0.4, 0.5) is 0 Å². The number of carbonyl (C=O) groups is 1. The van der Waals surface area contributed by atoms with E-state index in [4.69, 9.17) is 0 Å². The van der Waals surface area contributed by atoms with E-state index >= 15 is 0 Å². The molecule has 1 heterocycles. The number of carbonyl (C=O) groups excluding carboxylic acids is 1. The van der Waals surface area contributed by atoms with Crippen molar-refractivity contribution < 1.29 is 4.79 Å². The average molecular weight is 335 g/mol. The van der Waals surface area contributed by atoms with Crippen LogP contribution in [0, 0.1) is 37.5 Å². The fraction of sp³-hybridized carbons (Fsp3) is 0.609. The van der Waals surface area contributed by atoms with Gasteiger partial charge in [-0.05, 0) is 87.7 Å². The molecule has 1 saturated heterocycles. The average Bonchev–Trinajstić information content (AvgIpc) is 2.87. The number of benzene rings is 1. The fourth-order valence-electron chi connectivity index (χ4n) is 6.75. The molecule has 25 heavy (non-hydrogen) atoms. The standard InChI is InChI=1S/C23H29NO/c1-14-5-15(2)7-16(6-14)9-19-3-4-24(23(19)25)22-20-10-17-8-18(12-20)13-21(22)11-17/h5-7,9,17-18,20-22H,3-4,8,10-13H2,1-2H3/b19-9+. The maximum absolute atomic E-state index is 13.2. The molecule has 2 heteroatoms. The zero-order valence-electron chi connectivity index (χ0n) is 15.5. The van der Waals surface area contributed by atoms with Gasteiger partial charge in [0.15, 0.2) is 0 Å². The molecule has 4 aliphatic carbocycles. The van der Waals surface area contributed by atoms with E-state index in [1.54, 1.807) is 0 Å². The topological polar surface area (TPSA) is 20.3 Å². The van der Waals surface area contributed by atoms with Crippen molar-refractivity contribution in [1.29, 1.82) is 0 Å². The van der Waals surface area contributed by atoms with E-state index < -0.39 is 0 Å². The van der Waals surface area contributed by atoms with Crippen LogP contribution >= 0.6 is 0 Å². The Labute approximate surface area is 151 Å². The van der Waals surface area contributed by atoms with Crippen LogP contribution in [-0.4, -0.2) is 23.4 Å². The van der Waals surface area contributed by atoms with Gasteiger partial charge in [0, 0.05) is 18.2 Å². The van der Waals surface area contributed by atoms with Crippen LogP contribution in [0.1, 0.15) is 55.2 Å². The van der Waals surface area contributed by atoms with Gasteiger partial charge in [-0.3, -0.25) is 4.79 Å². The summed E-state index contributed by atoms with van der Waals surface area (Å²) in [6, 6.07) is 7.13. The Kier molecular flexibility index (Phi) is 3.59. The first-order valence-corrected chi connectivity index (χ1v) is 10.2. The molecule has 0 radical (unpaired) electrons. The first-order valence-electron chi connectivity index (χ1n) is 10.2. The van der Waals surface area contributed by atoms with Gasteiger partial charge in [-0.15, -0.1) is 0 Å². The summed E-state index contributed by atoms with van der Waals surface area (Å²) in [4.78, 5) is 15.4. The molecule has 4 saturated carbocycles. The SMILES string of the molecule is Cc1cc(C)cc(/C=C2\CCN(C3C4CC5CC(C4)CC3C5)C2=O)c1. The lowest BCUT2D eigenvalue weighted by Gasteiger charge is -2.56. The lowest BCUT2D eigenvalue weighted by molar-refractivity contribution is -0.136. The van der Waals surface area contributed by atoms with Gasteiger partial charge >= 0.3 is 0 Å². The van der Waals surface area contributed by atoms with Gasteiger partial charge in [0.1, 0.15) is 0 Å². The number of amides is 1. The van der Waals surface area contributed by atoms with Crippen molar-refractivity contribution in [2.24, 2.45) is 23.7 Å². The van der Waals surface area contributed by atoms with Crippen molar-refractivity contribution in [2.75, 3.05) is 6.54 Å². The van der Waals surface area contributed by atoms with Gasteiger partial charge in [-0.25, -0.2) is 0 Å². The summed E-state index contributed by atoms with van der Waals surface area (Å²) in [7, 11) is 0. The van der Waals surface area contributed by atoms with E-state index in [0.717, 1.165) is 42.2 Å². The van der Waals surface area contributed by atoms with Gasteiger partial charge in [0.25, 0.3) is 0 Å². The summed E-state index contributed by atoms with van der Waals surface area (Å²) in [5.74, 6) is 3.86. The maximum atomic E-state index is 13.2. The summed E-state index contributed by atoms with van der Waals surface area (Å²) < 4.78 is 0. The molecular formula is C23H29NO. The molecule has 0 atom stereocenters. The smallest absolute Gasteiger partial charge is 0.250 e. The Hall–Kier alpha value is -1.57. The number of hydrogen-bond acceptors (Lipinski definition) is 1. The highest BCUT2D eigenvalue weighted by atomic mass is 16.2. The highest BCUT2D eigenvalue weighted by Gasteiger charge is 2.51. The third-order valence-electron chi connectivity index (χ3n) is 7.28. The molecule has 0 aromatic heterocycles. The van der Waals surface area contributed by atoms with E-state index in [2.05, 4.69) is 43.0 Å². The summed E-state index contributed by atoms with van der Waals surface area (Å²) in [5.41, 5.74) is 4.76. The first-order chi connectivity index (χ1) is 12.1. The van der Waals surface area contributed by atoms with E-state index in [1.807, 2.05) is 0 Å². The Balaban J connectivity index is 1.39. The highest BCUT2D eigenvalue weighted by Crippen LogP contribution is 2.55. The van der Waals surface area contributed by atoms with Crippen LogP contribution in [0.2, 0.25) is 0 Å². The normalized spacial score (nSPS) is 38.2. The summed E-state index contributed by atoms with van der Waals surface area (Å²) >= 11 is 0. The monoisotopic (exact) mass is 335 g/mol. The van der Waals surface area contributed by atoms with Crippen LogP contribution in [0.3, 0.4) is 0 Å². The number of nitrogens with zero attached hydrogens (tertiary/aromatic N) is 1. The van der Waals surface area contributed by atoms with Crippen molar-refractivity contribution in [1.82, 2.24) is 4.90 Å².